The average Bonchev–Trinajstić information content (AvgIpc) is 3.40. The highest BCUT2D eigenvalue weighted by atomic mass is 35.5. The van der Waals surface area contributed by atoms with Crippen LogP contribution in [0, 0.1) is 18.7 Å². The number of nitrogens with one attached hydrogen (secondary N) is 1. The van der Waals surface area contributed by atoms with E-state index in [2.05, 4.69) is 22.2 Å². The van der Waals surface area contributed by atoms with Crippen LogP contribution in [-0.4, -0.2) is 39.9 Å². The van der Waals surface area contributed by atoms with E-state index < -0.39 is 0 Å². The quantitative estimate of drug-likeness (QED) is 0.344. The number of amides is 1. The second kappa shape index (κ2) is 9.35. The van der Waals surface area contributed by atoms with Crippen molar-refractivity contribution in [1.82, 2.24) is 14.9 Å². The molecule has 0 bridgehead atoms. The summed E-state index contributed by atoms with van der Waals surface area (Å²) in [6.07, 6.45) is 1.96. The van der Waals surface area contributed by atoms with Crippen LogP contribution in [0.15, 0.2) is 46.9 Å². The van der Waals surface area contributed by atoms with E-state index in [1.165, 1.54) is 23.5 Å². The Labute approximate surface area is 205 Å². The van der Waals surface area contributed by atoms with Crippen LogP contribution in [0.25, 0.3) is 21.5 Å². The maximum atomic E-state index is 13.7. The molecule has 1 aliphatic rings. The van der Waals surface area contributed by atoms with Crippen LogP contribution in [0.4, 0.5) is 10.4 Å². The number of halogens is 2. The van der Waals surface area contributed by atoms with Gasteiger partial charge in [0.2, 0.25) is 0 Å². The Hall–Kier alpha value is -2.97. The zero-order valence-corrected chi connectivity index (χ0v) is 20.4. The van der Waals surface area contributed by atoms with Crippen molar-refractivity contribution >= 4 is 46.0 Å². The van der Waals surface area contributed by atoms with Crippen LogP contribution < -0.4 is 5.32 Å². The number of anilines is 1. The third kappa shape index (κ3) is 4.52. The third-order valence-electron chi connectivity index (χ3n) is 6.23. The first-order valence-corrected chi connectivity index (χ1v) is 12.4. The van der Waals surface area contributed by atoms with Gasteiger partial charge < -0.3 is 14.6 Å². The molecule has 2 atom stereocenters. The Bertz CT molecular complexity index is 1340. The van der Waals surface area contributed by atoms with Gasteiger partial charge in [0.25, 0.3) is 11.9 Å². The third-order valence-corrected chi connectivity index (χ3v) is 7.49. The highest BCUT2D eigenvalue weighted by Crippen LogP contribution is 2.33. The topological polar surface area (TPSA) is 71.3 Å². The van der Waals surface area contributed by atoms with Crippen molar-refractivity contribution in [2.24, 2.45) is 5.92 Å². The fourth-order valence-corrected chi connectivity index (χ4v) is 5.57. The summed E-state index contributed by atoms with van der Waals surface area (Å²) in [5, 5.41) is 4.67. The van der Waals surface area contributed by atoms with Crippen molar-refractivity contribution in [1.29, 1.82) is 0 Å². The molecule has 3 heterocycles. The predicted molar refractivity (Wildman–Crippen MR) is 133 cm³/mol. The lowest BCUT2D eigenvalue weighted by Gasteiger charge is -2.39. The van der Waals surface area contributed by atoms with Crippen molar-refractivity contribution in [2.45, 2.75) is 32.7 Å². The second-order valence-electron chi connectivity index (χ2n) is 8.61. The number of aromatic nitrogens is 2. The number of hydrogen-bond donors (Lipinski definition) is 1. The Balaban J connectivity index is 1.39. The number of likely N-dealkylation sites (tertiary alicyclic amines) is 1. The van der Waals surface area contributed by atoms with Gasteiger partial charge in [-0.15, -0.1) is 11.3 Å². The van der Waals surface area contributed by atoms with Crippen molar-refractivity contribution in [3.8, 4) is 10.4 Å². The number of oxazole rings is 1. The molecule has 6 nitrogen and oxygen atoms in total. The minimum atomic E-state index is -0.310. The van der Waals surface area contributed by atoms with E-state index in [1.54, 1.807) is 30.3 Å². The van der Waals surface area contributed by atoms with E-state index in [1.807, 2.05) is 11.8 Å². The molecular weight excluding hydrogens is 475 g/mol. The molecule has 0 saturated carbocycles. The number of thiazole rings is 1. The molecule has 1 saturated heterocycles. The molecule has 5 rings (SSSR count). The molecule has 1 fully saturated rings. The SMILES string of the molecule is Cc1nc(C(=O)N2CCC[C@@H](C)C2CNc2nc3cc(Cl)ccc3o2)c(-c2ccc(F)cc2)s1. The number of benzene rings is 2. The maximum Gasteiger partial charge on any atom is 0.295 e. The molecule has 9 heteroatoms. The molecule has 1 aliphatic heterocycles. The monoisotopic (exact) mass is 498 g/mol. The van der Waals surface area contributed by atoms with E-state index in [0.29, 0.717) is 40.9 Å². The molecule has 2 aromatic carbocycles. The van der Waals surface area contributed by atoms with Gasteiger partial charge in [-0.1, -0.05) is 30.7 Å². The molecule has 1 unspecified atom stereocenters. The zero-order chi connectivity index (χ0) is 23.8. The van der Waals surface area contributed by atoms with Crippen molar-refractivity contribution in [3.05, 3.63) is 64.0 Å². The minimum Gasteiger partial charge on any atom is -0.424 e. The molecule has 0 spiro atoms. The highest BCUT2D eigenvalue weighted by Gasteiger charge is 2.34. The van der Waals surface area contributed by atoms with E-state index in [4.69, 9.17) is 16.0 Å². The van der Waals surface area contributed by atoms with Gasteiger partial charge in [0.15, 0.2) is 5.58 Å². The van der Waals surface area contributed by atoms with Gasteiger partial charge in [-0.3, -0.25) is 4.79 Å². The number of aryl methyl sites for hydroxylation is 1. The summed E-state index contributed by atoms with van der Waals surface area (Å²) in [6.45, 7) is 5.19. The van der Waals surface area contributed by atoms with Crippen molar-refractivity contribution in [2.75, 3.05) is 18.4 Å². The van der Waals surface area contributed by atoms with Gasteiger partial charge in [0.05, 0.1) is 15.9 Å². The minimum absolute atomic E-state index is 0.0528. The number of nitrogens with zero attached hydrogens (tertiary/aromatic N) is 3. The number of carbonyl (C=O) groups is 1. The summed E-state index contributed by atoms with van der Waals surface area (Å²) in [5.74, 6) is -0.125. The Morgan fingerprint density at radius 3 is 2.85 bits per heavy atom. The molecule has 4 aromatic rings. The molecular formula is C25H24ClFN4O2S. The average molecular weight is 499 g/mol. The summed E-state index contributed by atoms with van der Waals surface area (Å²) in [5.41, 5.74) is 2.55. The van der Waals surface area contributed by atoms with Gasteiger partial charge in [0.1, 0.15) is 17.0 Å². The Morgan fingerprint density at radius 1 is 1.26 bits per heavy atom. The van der Waals surface area contributed by atoms with Crippen LogP contribution in [0.2, 0.25) is 5.02 Å². The molecule has 2 aromatic heterocycles. The first-order chi connectivity index (χ1) is 16.4. The van der Waals surface area contributed by atoms with Crippen LogP contribution >= 0.6 is 22.9 Å². The number of hydrogen-bond acceptors (Lipinski definition) is 6. The van der Waals surface area contributed by atoms with Gasteiger partial charge >= 0.3 is 0 Å². The number of rotatable bonds is 5. The summed E-state index contributed by atoms with van der Waals surface area (Å²) < 4.78 is 19.2. The lowest BCUT2D eigenvalue weighted by atomic mass is 9.90. The molecule has 34 heavy (non-hydrogen) atoms. The number of fused-ring (bicyclic) bond motifs is 1. The molecule has 1 amide bonds. The maximum absolute atomic E-state index is 13.7. The molecule has 1 N–H and O–H groups in total. The lowest BCUT2D eigenvalue weighted by Crippen LogP contribution is -2.51. The highest BCUT2D eigenvalue weighted by molar-refractivity contribution is 7.15. The lowest BCUT2D eigenvalue weighted by molar-refractivity contribution is 0.0534. The van der Waals surface area contributed by atoms with Crippen LogP contribution in [-0.2, 0) is 0 Å². The van der Waals surface area contributed by atoms with Crippen LogP contribution in [0.5, 0.6) is 0 Å². The fourth-order valence-electron chi connectivity index (χ4n) is 4.49. The summed E-state index contributed by atoms with van der Waals surface area (Å²) >= 11 is 7.50. The standard InChI is InChI=1S/C25H24ClFN4O2S/c1-14-4-3-11-31(20(14)13-28-25-30-19-12-17(26)7-10-21(19)33-25)24(32)22-23(34-15(2)29-22)16-5-8-18(27)9-6-16/h5-10,12,14,20H,3-4,11,13H2,1-2H3,(H,28,30)/t14-,20?/m1/s1. The Kier molecular flexibility index (Phi) is 6.27. The number of piperidine rings is 1. The van der Waals surface area contributed by atoms with Gasteiger partial charge in [0, 0.05) is 18.1 Å². The van der Waals surface area contributed by atoms with Gasteiger partial charge in [-0.25, -0.2) is 9.37 Å². The first-order valence-electron chi connectivity index (χ1n) is 11.2. The van der Waals surface area contributed by atoms with E-state index in [0.717, 1.165) is 28.3 Å². The summed E-state index contributed by atoms with van der Waals surface area (Å²) in [6, 6.07) is 11.8. The van der Waals surface area contributed by atoms with Crippen LogP contribution in [0.3, 0.4) is 0 Å². The van der Waals surface area contributed by atoms with Gasteiger partial charge in [-0.05, 0) is 61.6 Å². The molecule has 0 radical (unpaired) electrons. The van der Waals surface area contributed by atoms with Gasteiger partial charge in [-0.2, -0.15) is 4.98 Å². The first kappa shape index (κ1) is 22.8. The molecule has 176 valence electrons. The predicted octanol–water partition coefficient (Wildman–Crippen LogP) is 6.41. The Morgan fingerprint density at radius 2 is 2.06 bits per heavy atom. The summed E-state index contributed by atoms with van der Waals surface area (Å²) in [4.78, 5) is 25.4. The largest absolute Gasteiger partial charge is 0.424 e. The van der Waals surface area contributed by atoms with Crippen molar-refractivity contribution < 1.29 is 13.6 Å². The van der Waals surface area contributed by atoms with E-state index in [9.17, 15) is 9.18 Å². The van der Waals surface area contributed by atoms with E-state index in [-0.39, 0.29) is 23.7 Å². The van der Waals surface area contributed by atoms with Crippen LogP contribution in [0.1, 0.15) is 35.3 Å². The molecule has 0 aliphatic carbocycles. The smallest absolute Gasteiger partial charge is 0.295 e. The van der Waals surface area contributed by atoms with E-state index >= 15 is 0 Å². The normalized spacial score (nSPS) is 18.4. The fraction of sp³-hybridized carbons (Fsp3) is 0.320. The van der Waals surface area contributed by atoms with Crippen molar-refractivity contribution in [3.63, 3.8) is 0 Å². The number of carbonyl (C=O) groups excluding carboxylic acids is 1. The summed E-state index contributed by atoms with van der Waals surface area (Å²) in [7, 11) is 0. The zero-order valence-electron chi connectivity index (χ0n) is 18.8. The second-order valence-corrected chi connectivity index (χ2v) is 10.3.